The first-order valence-electron chi connectivity index (χ1n) is 7.92. The number of pyridine rings is 2. The van der Waals surface area contributed by atoms with Gasteiger partial charge in [0.2, 0.25) is 5.88 Å². The monoisotopic (exact) mass is 348 g/mol. The second kappa shape index (κ2) is 6.32. The van der Waals surface area contributed by atoms with Crippen molar-refractivity contribution in [1.29, 1.82) is 0 Å². The zero-order valence-corrected chi connectivity index (χ0v) is 14.2. The average molecular weight is 348 g/mol. The molecule has 26 heavy (non-hydrogen) atoms. The van der Waals surface area contributed by atoms with E-state index in [1.807, 2.05) is 19.2 Å². The smallest absolute Gasteiger partial charge is 0.281 e. The van der Waals surface area contributed by atoms with Crippen LogP contribution in [0.15, 0.2) is 59.9 Å². The maximum Gasteiger partial charge on any atom is 0.281 e. The number of aromatic nitrogens is 5. The molecule has 0 bridgehead atoms. The molecule has 4 rings (SSSR count). The van der Waals surface area contributed by atoms with Crippen LogP contribution in [0.4, 0.5) is 11.5 Å². The highest BCUT2D eigenvalue weighted by Gasteiger charge is 2.08. The molecule has 4 aromatic rings. The van der Waals surface area contributed by atoms with Gasteiger partial charge in [-0.2, -0.15) is 5.10 Å². The molecular weight excluding hydrogens is 332 g/mol. The lowest BCUT2D eigenvalue weighted by molar-refractivity contribution is 0.398. The third-order valence-corrected chi connectivity index (χ3v) is 3.96. The summed E-state index contributed by atoms with van der Waals surface area (Å²) in [6, 6.07) is 9.15. The highest BCUT2D eigenvalue weighted by Crippen LogP contribution is 2.20. The molecule has 130 valence electrons. The van der Waals surface area contributed by atoms with E-state index in [0.29, 0.717) is 23.0 Å². The third-order valence-electron chi connectivity index (χ3n) is 3.96. The molecule has 0 unspecified atom stereocenters. The van der Waals surface area contributed by atoms with Crippen LogP contribution in [0.5, 0.6) is 5.88 Å². The molecule has 0 radical (unpaired) electrons. The van der Waals surface area contributed by atoms with Crippen LogP contribution in [-0.4, -0.2) is 31.3 Å². The Morgan fingerprint density at radius 2 is 1.88 bits per heavy atom. The van der Waals surface area contributed by atoms with Gasteiger partial charge in [0.25, 0.3) is 5.56 Å². The molecule has 0 aliphatic carbocycles. The van der Waals surface area contributed by atoms with Crippen LogP contribution < -0.4 is 15.6 Å². The molecule has 0 spiro atoms. The SMILES string of the molecule is COc1ccc(-c2ccc3ncc(Nc4ccn(C)n4)c(=O)n3c2)cn1. The Hall–Kier alpha value is -3.68. The summed E-state index contributed by atoms with van der Waals surface area (Å²) in [5, 5.41) is 7.22. The number of aryl methyl sites for hydroxylation is 1. The van der Waals surface area contributed by atoms with E-state index in [1.54, 1.807) is 48.6 Å². The summed E-state index contributed by atoms with van der Waals surface area (Å²) in [5.74, 6) is 1.12. The first kappa shape index (κ1) is 15.8. The fourth-order valence-electron chi connectivity index (χ4n) is 2.62. The fourth-order valence-corrected chi connectivity index (χ4v) is 2.62. The first-order chi connectivity index (χ1) is 12.6. The molecule has 1 N–H and O–H groups in total. The van der Waals surface area contributed by atoms with Gasteiger partial charge >= 0.3 is 0 Å². The van der Waals surface area contributed by atoms with Crippen molar-refractivity contribution in [3.63, 3.8) is 0 Å². The largest absolute Gasteiger partial charge is 0.481 e. The first-order valence-corrected chi connectivity index (χ1v) is 7.92. The third kappa shape index (κ3) is 2.88. The van der Waals surface area contributed by atoms with Crippen LogP contribution in [0.2, 0.25) is 0 Å². The predicted molar refractivity (Wildman–Crippen MR) is 97.7 cm³/mol. The Labute approximate surface area is 148 Å². The Kier molecular flexibility index (Phi) is 3.85. The molecule has 8 nitrogen and oxygen atoms in total. The number of hydrogen-bond acceptors (Lipinski definition) is 6. The molecular formula is C18H16N6O2. The molecule has 4 aromatic heterocycles. The van der Waals surface area contributed by atoms with Gasteiger partial charge in [0.05, 0.1) is 13.3 Å². The number of hydrogen-bond donors (Lipinski definition) is 1. The van der Waals surface area contributed by atoms with Gasteiger partial charge in [-0.1, -0.05) is 0 Å². The number of nitrogens with one attached hydrogen (secondary N) is 1. The van der Waals surface area contributed by atoms with Crippen molar-refractivity contribution >= 4 is 17.2 Å². The number of ether oxygens (including phenoxy) is 1. The van der Waals surface area contributed by atoms with Gasteiger partial charge in [0, 0.05) is 48.9 Å². The Morgan fingerprint density at radius 1 is 1.04 bits per heavy atom. The highest BCUT2D eigenvalue weighted by molar-refractivity contribution is 5.65. The molecule has 0 amide bonds. The van der Waals surface area contributed by atoms with E-state index in [1.165, 1.54) is 10.6 Å². The zero-order chi connectivity index (χ0) is 18.1. The van der Waals surface area contributed by atoms with Crippen molar-refractivity contribution in [3.05, 3.63) is 65.5 Å². The summed E-state index contributed by atoms with van der Waals surface area (Å²) < 4.78 is 8.24. The van der Waals surface area contributed by atoms with Gasteiger partial charge in [-0.05, 0) is 18.2 Å². The minimum absolute atomic E-state index is 0.205. The number of fused-ring (bicyclic) bond motifs is 1. The number of nitrogens with zero attached hydrogens (tertiary/aromatic N) is 5. The lowest BCUT2D eigenvalue weighted by Gasteiger charge is -2.08. The van der Waals surface area contributed by atoms with Gasteiger partial charge in [-0.3, -0.25) is 13.9 Å². The van der Waals surface area contributed by atoms with Crippen molar-refractivity contribution in [2.24, 2.45) is 7.05 Å². The normalized spacial score (nSPS) is 10.8. The quantitative estimate of drug-likeness (QED) is 0.609. The molecule has 0 saturated carbocycles. The van der Waals surface area contributed by atoms with Crippen LogP contribution in [0.3, 0.4) is 0 Å². The van der Waals surface area contributed by atoms with Crippen LogP contribution >= 0.6 is 0 Å². The molecule has 0 aromatic carbocycles. The van der Waals surface area contributed by atoms with E-state index in [4.69, 9.17) is 4.74 Å². The molecule has 0 saturated heterocycles. The van der Waals surface area contributed by atoms with Crippen LogP contribution in [0.1, 0.15) is 0 Å². The van der Waals surface area contributed by atoms with E-state index in [2.05, 4.69) is 20.4 Å². The van der Waals surface area contributed by atoms with Gasteiger partial charge < -0.3 is 10.1 Å². The second-order valence-corrected chi connectivity index (χ2v) is 5.71. The Morgan fingerprint density at radius 3 is 2.58 bits per heavy atom. The van der Waals surface area contributed by atoms with E-state index < -0.39 is 0 Å². The lowest BCUT2D eigenvalue weighted by Crippen LogP contribution is -2.18. The zero-order valence-electron chi connectivity index (χ0n) is 14.2. The molecule has 0 aliphatic rings. The number of methoxy groups -OCH3 is 1. The van der Waals surface area contributed by atoms with Gasteiger partial charge in [0.15, 0.2) is 5.82 Å². The maximum atomic E-state index is 12.8. The Balaban J connectivity index is 1.76. The van der Waals surface area contributed by atoms with Crippen molar-refractivity contribution in [1.82, 2.24) is 24.1 Å². The summed E-state index contributed by atoms with van der Waals surface area (Å²) in [7, 11) is 3.38. The number of anilines is 2. The van der Waals surface area contributed by atoms with Crippen molar-refractivity contribution < 1.29 is 4.74 Å². The summed E-state index contributed by atoms with van der Waals surface area (Å²) in [6.07, 6.45) is 6.76. The minimum atomic E-state index is -0.205. The predicted octanol–water partition coefficient (Wildman–Crippen LogP) is 2.24. The van der Waals surface area contributed by atoms with Crippen LogP contribution in [0.25, 0.3) is 16.8 Å². The molecule has 0 atom stereocenters. The Bertz CT molecular complexity index is 1130. The summed E-state index contributed by atoms with van der Waals surface area (Å²) >= 11 is 0. The van der Waals surface area contributed by atoms with Crippen LogP contribution in [-0.2, 0) is 7.05 Å². The van der Waals surface area contributed by atoms with Gasteiger partial charge in [-0.15, -0.1) is 0 Å². The molecule has 8 heteroatoms. The highest BCUT2D eigenvalue weighted by atomic mass is 16.5. The summed E-state index contributed by atoms with van der Waals surface area (Å²) in [5.41, 5.74) is 2.44. The van der Waals surface area contributed by atoms with E-state index in [0.717, 1.165) is 11.1 Å². The van der Waals surface area contributed by atoms with Crippen molar-refractivity contribution in [2.45, 2.75) is 0 Å². The van der Waals surface area contributed by atoms with E-state index in [9.17, 15) is 4.79 Å². The second-order valence-electron chi connectivity index (χ2n) is 5.71. The van der Waals surface area contributed by atoms with Gasteiger partial charge in [0.1, 0.15) is 11.3 Å². The van der Waals surface area contributed by atoms with Gasteiger partial charge in [-0.25, -0.2) is 9.97 Å². The maximum absolute atomic E-state index is 12.8. The lowest BCUT2D eigenvalue weighted by atomic mass is 10.1. The molecule has 4 heterocycles. The topological polar surface area (TPSA) is 86.3 Å². The minimum Gasteiger partial charge on any atom is -0.481 e. The van der Waals surface area contributed by atoms with E-state index >= 15 is 0 Å². The average Bonchev–Trinajstić information content (AvgIpc) is 3.09. The van der Waals surface area contributed by atoms with Crippen molar-refractivity contribution in [3.8, 4) is 17.0 Å². The van der Waals surface area contributed by atoms with E-state index in [-0.39, 0.29) is 5.56 Å². The number of rotatable bonds is 4. The molecule has 0 aliphatic heterocycles. The fraction of sp³-hybridized carbons (Fsp3) is 0.111. The summed E-state index contributed by atoms with van der Waals surface area (Å²) in [6.45, 7) is 0. The summed E-state index contributed by atoms with van der Waals surface area (Å²) in [4.78, 5) is 21.4. The van der Waals surface area contributed by atoms with Crippen molar-refractivity contribution in [2.75, 3.05) is 12.4 Å². The molecule has 0 fully saturated rings. The standard InChI is InChI=1S/C18H16N6O2/c1-23-8-7-15(22-23)21-14-10-19-16-5-3-13(11-24(16)18(14)25)12-4-6-17(26-2)20-9-12/h3-11H,1-2H3,(H,21,22). The van der Waals surface area contributed by atoms with Crippen LogP contribution in [0, 0.1) is 0 Å².